The van der Waals surface area contributed by atoms with Crippen LogP contribution in [0.3, 0.4) is 0 Å². The molecule has 2 unspecified atom stereocenters. The topological polar surface area (TPSA) is 37.3 Å². The van der Waals surface area contributed by atoms with Crippen LogP contribution < -0.4 is 0 Å². The van der Waals surface area contributed by atoms with Gasteiger partial charge in [0.05, 0.1) is 6.10 Å². The Bertz CT molecular complexity index is 333. The quantitative estimate of drug-likeness (QED) is 0.616. The molecular weight excluding hydrogens is 188 g/mol. The maximum Gasteiger partial charge on any atom is 0.137 e. The monoisotopic (exact) mass is 206 g/mol. The van der Waals surface area contributed by atoms with E-state index in [0.29, 0.717) is 24.5 Å². The van der Waals surface area contributed by atoms with Gasteiger partial charge in [-0.05, 0) is 43.4 Å². The molecule has 1 spiro atoms. The third-order valence-corrected chi connectivity index (χ3v) is 4.87. The summed E-state index contributed by atoms with van der Waals surface area (Å²) < 4.78 is 0. The molecule has 2 bridgehead atoms. The van der Waals surface area contributed by atoms with Crippen LogP contribution in [0.1, 0.15) is 38.5 Å². The number of carbonyl (C=O) groups excluding carboxylic acids is 1. The molecule has 0 aromatic rings. The largest absolute Gasteiger partial charge is 0.393 e. The zero-order valence-electron chi connectivity index (χ0n) is 9.04. The van der Waals surface area contributed by atoms with Gasteiger partial charge in [0.15, 0.2) is 0 Å². The summed E-state index contributed by atoms with van der Waals surface area (Å²) >= 11 is 0. The second-order valence-corrected chi connectivity index (χ2v) is 5.75. The van der Waals surface area contributed by atoms with E-state index in [1.165, 1.54) is 5.57 Å². The van der Waals surface area contributed by atoms with Gasteiger partial charge < -0.3 is 5.11 Å². The maximum absolute atomic E-state index is 12.0. The van der Waals surface area contributed by atoms with Crippen molar-refractivity contribution in [1.29, 1.82) is 0 Å². The summed E-state index contributed by atoms with van der Waals surface area (Å²) in [6.07, 6.45) is 5.27. The second kappa shape index (κ2) is 2.94. The van der Waals surface area contributed by atoms with E-state index in [1.54, 1.807) is 0 Å². The molecule has 0 radical (unpaired) electrons. The molecular formula is C13H18O2. The molecule has 0 saturated heterocycles. The van der Waals surface area contributed by atoms with Crippen LogP contribution in [0.4, 0.5) is 0 Å². The highest BCUT2D eigenvalue weighted by Crippen LogP contribution is 2.60. The van der Waals surface area contributed by atoms with Crippen molar-refractivity contribution in [2.75, 3.05) is 0 Å². The Hall–Kier alpha value is -0.630. The van der Waals surface area contributed by atoms with Crippen molar-refractivity contribution in [3.8, 4) is 0 Å². The number of hydrogen-bond acceptors (Lipinski definition) is 2. The van der Waals surface area contributed by atoms with Crippen molar-refractivity contribution in [2.45, 2.75) is 44.6 Å². The Morgan fingerprint density at radius 2 is 2.27 bits per heavy atom. The Morgan fingerprint density at radius 3 is 3.07 bits per heavy atom. The van der Waals surface area contributed by atoms with Gasteiger partial charge in [-0.3, -0.25) is 4.79 Å². The molecule has 3 fully saturated rings. The lowest BCUT2D eigenvalue weighted by molar-refractivity contribution is -0.135. The smallest absolute Gasteiger partial charge is 0.137 e. The van der Waals surface area contributed by atoms with Crippen LogP contribution in [0.2, 0.25) is 0 Å². The van der Waals surface area contributed by atoms with E-state index in [2.05, 4.69) is 6.58 Å². The molecule has 0 amide bonds. The molecule has 3 aliphatic rings. The molecule has 0 aromatic carbocycles. The van der Waals surface area contributed by atoms with Gasteiger partial charge in [-0.2, -0.15) is 0 Å². The molecule has 0 heterocycles. The average molecular weight is 206 g/mol. The minimum atomic E-state index is -0.241. The van der Waals surface area contributed by atoms with E-state index in [-0.39, 0.29) is 17.4 Å². The van der Waals surface area contributed by atoms with E-state index in [1.807, 2.05) is 0 Å². The van der Waals surface area contributed by atoms with Gasteiger partial charge in [0.2, 0.25) is 0 Å². The first-order valence-corrected chi connectivity index (χ1v) is 5.99. The van der Waals surface area contributed by atoms with Crippen LogP contribution in [0.15, 0.2) is 12.2 Å². The van der Waals surface area contributed by atoms with E-state index in [9.17, 15) is 9.90 Å². The molecule has 4 atom stereocenters. The number of fused-ring (bicyclic) bond motifs is 1. The number of allylic oxidation sites excluding steroid dienone is 1. The van der Waals surface area contributed by atoms with Gasteiger partial charge in [0.1, 0.15) is 5.78 Å². The van der Waals surface area contributed by atoms with E-state index < -0.39 is 0 Å². The fourth-order valence-electron chi connectivity index (χ4n) is 4.10. The van der Waals surface area contributed by atoms with Crippen molar-refractivity contribution in [2.24, 2.45) is 17.3 Å². The van der Waals surface area contributed by atoms with Gasteiger partial charge in [0.25, 0.3) is 0 Å². The summed E-state index contributed by atoms with van der Waals surface area (Å²) in [5, 5.41) is 9.68. The summed E-state index contributed by atoms with van der Waals surface area (Å²) in [6, 6.07) is 0. The molecule has 3 saturated carbocycles. The molecule has 2 heteroatoms. The summed E-state index contributed by atoms with van der Waals surface area (Å²) in [6.45, 7) is 4.12. The van der Waals surface area contributed by atoms with E-state index in [0.717, 1.165) is 25.7 Å². The minimum Gasteiger partial charge on any atom is -0.393 e. The van der Waals surface area contributed by atoms with E-state index >= 15 is 0 Å². The highest BCUT2D eigenvalue weighted by atomic mass is 16.3. The lowest BCUT2D eigenvalue weighted by Gasteiger charge is -2.44. The zero-order valence-corrected chi connectivity index (χ0v) is 9.04. The summed E-state index contributed by atoms with van der Waals surface area (Å²) in [5.41, 5.74) is 1.50. The SMILES string of the molecule is C=C1CC23CC[C@H](O)C[C@H]2C(=O)CC1C3. The summed E-state index contributed by atoms with van der Waals surface area (Å²) in [4.78, 5) is 12.0. The van der Waals surface area contributed by atoms with Crippen molar-refractivity contribution in [1.82, 2.24) is 0 Å². The lowest BCUT2D eigenvalue weighted by atomic mass is 9.59. The van der Waals surface area contributed by atoms with Crippen molar-refractivity contribution in [3.05, 3.63) is 12.2 Å². The van der Waals surface area contributed by atoms with Gasteiger partial charge in [-0.15, -0.1) is 0 Å². The molecule has 3 aliphatic carbocycles. The van der Waals surface area contributed by atoms with Crippen LogP contribution in [0.25, 0.3) is 0 Å². The average Bonchev–Trinajstić information content (AvgIpc) is 2.44. The normalized spacial score (nSPS) is 49.3. The molecule has 3 rings (SSSR count). The summed E-state index contributed by atoms with van der Waals surface area (Å²) in [7, 11) is 0. The van der Waals surface area contributed by atoms with Crippen molar-refractivity contribution in [3.63, 3.8) is 0 Å². The van der Waals surface area contributed by atoms with Crippen LogP contribution in [-0.2, 0) is 4.79 Å². The number of rotatable bonds is 0. The minimum absolute atomic E-state index is 0.136. The Balaban J connectivity index is 1.96. The van der Waals surface area contributed by atoms with Crippen LogP contribution in [0, 0.1) is 17.3 Å². The third-order valence-electron chi connectivity index (χ3n) is 4.87. The van der Waals surface area contributed by atoms with Crippen molar-refractivity contribution < 1.29 is 9.90 Å². The van der Waals surface area contributed by atoms with Gasteiger partial charge in [-0.25, -0.2) is 0 Å². The number of aliphatic hydroxyl groups excluding tert-OH is 1. The Labute approximate surface area is 90.4 Å². The predicted molar refractivity (Wildman–Crippen MR) is 57.3 cm³/mol. The fraction of sp³-hybridized carbons (Fsp3) is 0.769. The first kappa shape index (κ1) is 9.59. The van der Waals surface area contributed by atoms with Crippen LogP contribution >= 0.6 is 0 Å². The maximum atomic E-state index is 12.0. The Kier molecular flexibility index (Phi) is 1.88. The molecule has 82 valence electrons. The third kappa shape index (κ3) is 1.24. The van der Waals surface area contributed by atoms with E-state index in [4.69, 9.17) is 0 Å². The van der Waals surface area contributed by atoms with Gasteiger partial charge >= 0.3 is 0 Å². The number of Topliss-reactive ketones (excluding diaryl/α,β-unsaturated/α-hetero) is 1. The molecule has 2 nitrogen and oxygen atoms in total. The first-order chi connectivity index (χ1) is 7.11. The highest BCUT2D eigenvalue weighted by Gasteiger charge is 2.55. The fourth-order valence-corrected chi connectivity index (χ4v) is 4.10. The number of aliphatic hydroxyl groups is 1. The van der Waals surface area contributed by atoms with Gasteiger partial charge in [0, 0.05) is 12.3 Å². The molecule has 15 heavy (non-hydrogen) atoms. The number of hydrogen-bond donors (Lipinski definition) is 1. The molecule has 1 N–H and O–H groups in total. The predicted octanol–water partition coefficient (Wildman–Crippen LogP) is 2.07. The van der Waals surface area contributed by atoms with Gasteiger partial charge in [-0.1, -0.05) is 12.2 Å². The molecule has 0 aliphatic heterocycles. The van der Waals surface area contributed by atoms with Crippen molar-refractivity contribution >= 4 is 5.78 Å². The highest BCUT2D eigenvalue weighted by molar-refractivity contribution is 5.84. The number of ketones is 1. The summed E-state index contributed by atoms with van der Waals surface area (Å²) in [5.74, 6) is 0.990. The standard InChI is InChI=1S/C13H18O2/c1-8-6-13-3-2-10(14)5-11(13)12(15)4-9(8)7-13/h9-11,14H,1-7H2/t9?,10-,11-,13?/m0/s1. The molecule has 0 aromatic heterocycles. The number of carbonyl (C=O) groups is 1. The second-order valence-electron chi connectivity index (χ2n) is 5.75. The lowest BCUT2D eigenvalue weighted by Crippen LogP contribution is -2.43. The van der Waals surface area contributed by atoms with Crippen LogP contribution in [0.5, 0.6) is 0 Å². The Morgan fingerprint density at radius 1 is 1.47 bits per heavy atom. The van der Waals surface area contributed by atoms with Crippen LogP contribution in [-0.4, -0.2) is 17.0 Å². The zero-order chi connectivity index (χ0) is 10.6. The first-order valence-electron chi connectivity index (χ1n) is 5.99.